The number of anilines is 1. The standard InChI is InChI=1S/C22H33N3O.C5H9N3.C2H6/c1-13-4-7-17(23)10-18(13)20(14(2)24-12-16-5-6-16)15(3)25-21(26)19-11-22(19)8-9-22;1-4-3-5(6)8(2)7-4;1-2/h16-17,19,24H,2,4-12,23H2,1,3H3,(H,25,26);3H,6H2,1-2H3;1-2H3/b20-15+;;/t17-,19?;;/m0../s1. The normalized spacial score (nSPS) is 24.0. The number of aromatic nitrogens is 2. The third-order valence-electron chi connectivity index (χ3n) is 7.90. The molecule has 7 heteroatoms. The van der Waals surface area contributed by atoms with Crippen LogP contribution >= 0.6 is 0 Å². The van der Waals surface area contributed by atoms with E-state index in [-0.39, 0.29) is 17.9 Å². The van der Waals surface area contributed by atoms with Gasteiger partial charge in [0.1, 0.15) is 5.82 Å². The van der Waals surface area contributed by atoms with Crippen molar-refractivity contribution in [2.75, 3.05) is 12.3 Å². The van der Waals surface area contributed by atoms with Crippen molar-refractivity contribution in [2.45, 2.75) is 92.0 Å². The summed E-state index contributed by atoms with van der Waals surface area (Å²) in [7, 11) is 1.82. The van der Waals surface area contributed by atoms with Crippen molar-refractivity contribution in [3.63, 3.8) is 0 Å². The van der Waals surface area contributed by atoms with Gasteiger partial charge in [-0.05, 0) is 89.0 Å². The molecule has 1 heterocycles. The average Bonchev–Trinajstić information content (AvgIpc) is 3.75. The number of carbonyl (C=O) groups is 1. The van der Waals surface area contributed by atoms with Crippen molar-refractivity contribution in [2.24, 2.45) is 30.0 Å². The van der Waals surface area contributed by atoms with Gasteiger partial charge >= 0.3 is 0 Å². The Hall–Kier alpha value is -2.54. The Morgan fingerprint density at radius 3 is 2.39 bits per heavy atom. The highest BCUT2D eigenvalue weighted by molar-refractivity contribution is 5.85. The van der Waals surface area contributed by atoms with E-state index in [4.69, 9.17) is 11.5 Å². The van der Waals surface area contributed by atoms with E-state index in [2.05, 4.69) is 29.2 Å². The molecule has 0 bridgehead atoms. The molecule has 4 aliphatic rings. The second-order valence-electron chi connectivity index (χ2n) is 11.0. The Kier molecular flexibility index (Phi) is 9.09. The number of carbonyl (C=O) groups excluding carboxylic acids is 1. The van der Waals surface area contributed by atoms with Gasteiger partial charge in [-0.3, -0.25) is 9.48 Å². The van der Waals surface area contributed by atoms with Crippen LogP contribution in [-0.4, -0.2) is 28.3 Å². The molecular formula is C29H48N6O. The monoisotopic (exact) mass is 496 g/mol. The van der Waals surface area contributed by atoms with Gasteiger partial charge in [-0.1, -0.05) is 26.0 Å². The van der Waals surface area contributed by atoms with Crippen LogP contribution in [0.15, 0.2) is 40.8 Å². The van der Waals surface area contributed by atoms with Crippen molar-refractivity contribution in [3.05, 3.63) is 46.5 Å². The summed E-state index contributed by atoms with van der Waals surface area (Å²) in [5.74, 6) is 1.93. The molecule has 0 saturated heterocycles. The minimum atomic E-state index is 0.196. The second-order valence-corrected chi connectivity index (χ2v) is 11.0. The number of amides is 1. The maximum absolute atomic E-state index is 12.7. The van der Waals surface area contributed by atoms with Gasteiger partial charge in [-0.2, -0.15) is 5.10 Å². The Bertz CT molecular complexity index is 1010. The number of nitrogen functional groups attached to an aromatic ring is 1. The maximum Gasteiger partial charge on any atom is 0.227 e. The largest absolute Gasteiger partial charge is 0.385 e. The number of allylic oxidation sites excluding steroid dienone is 3. The fourth-order valence-electron chi connectivity index (χ4n) is 5.12. The molecule has 4 aliphatic carbocycles. The molecule has 1 spiro atoms. The molecule has 36 heavy (non-hydrogen) atoms. The zero-order valence-electron chi connectivity index (χ0n) is 23.3. The summed E-state index contributed by atoms with van der Waals surface area (Å²) in [6.07, 6.45) is 9.10. The van der Waals surface area contributed by atoms with Crippen molar-refractivity contribution in [3.8, 4) is 0 Å². The number of hydrogen-bond donors (Lipinski definition) is 4. The molecule has 200 valence electrons. The van der Waals surface area contributed by atoms with Gasteiger partial charge in [0.15, 0.2) is 0 Å². The van der Waals surface area contributed by atoms with E-state index in [0.717, 1.165) is 60.8 Å². The molecule has 6 N–H and O–H groups in total. The third-order valence-corrected chi connectivity index (χ3v) is 7.90. The summed E-state index contributed by atoms with van der Waals surface area (Å²) in [6.45, 7) is 15.4. The summed E-state index contributed by atoms with van der Waals surface area (Å²) in [4.78, 5) is 12.7. The minimum Gasteiger partial charge on any atom is -0.385 e. The zero-order valence-corrected chi connectivity index (χ0v) is 23.3. The van der Waals surface area contributed by atoms with Gasteiger partial charge in [-0.25, -0.2) is 0 Å². The van der Waals surface area contributed by atoms with Crippen LogP contribution in [0.4, 0.5) is 5.82 Å². The lowest BCUT2D eigenvalue weighted by Gasteiger charge is -2.28. The molecule has 0 aliphatic heterocycles. The van der Waals surface area contributed by atoms with Crippen molar-refractivity contribution in [1.82, 2.24) is 20.4 Å². The van der Waals surface area contributed by atoms with Gasteiger partial charge in [0.05, 0.1) is 5.69 Å². The molecule has 1 amide bonds. The van der Waals surface area contributed by atoms with Crippen LogP contribution in [0.3, 0.4) is 0 Å². The van der Waals surface area contributed by atoms with Crippen LogP contribution in [0, 0.1) is 24.2 Å². The molecular weight excluding hydrogens is 448 g/mol. The summed E-state index contributed by atoms with van der Waals surface area (Å²) < 4.78 is 1.65. The summed E-state index contributed by atoms with van der Waals surface area (Å²) in [5.41, 5.74) is 18.7. The number of nitrogens with one attached hydrogen (secondary N) is 2. The first-order chi connectivity index (χ1) is 17.1. The fraction of sp³-hybridized carbons (Fsp3) is 0.655. The highest BCUT2D eigenvalue weighted by atomic mass is 16.2. The lowest BCUT2D eigenvalue weighted by Crippen LogP contribution is -2.30. The number of nitrogens with zero attached hydrogens (tertiary/aromatic N) is 2. The lowest BCUT2D eigenvalue weighted by molar-refractivity contribution is -0.122. The van der Waals surface area contributed by atoms with E-state index >= 15 is 0 Å². The number of aryl methyl sites for hydroxylation is 2. The molecule has 1 aromatic heterocycles. The molecule has 1 aromatic rings. The van der Waals surface area contributed by atoms with Crippen LogP contribution in [0.2, 0.25) is 0 Å². The smallest absolute Gasteiger partial charge is 0.227 e. The van der Waals surface area contributed by atoms with E-state index in [1.165, 1.54) is 36.8 Å². The van der Waals surface area contributed by atoms with Crippen LogP contribution < -0.4 is 22.1 Å². The highest BCUT2D eigenvalue weighted by Crippen LogP contribution is 2.70. The summed E-state index contributed by atoms with van der Waals surface area (Å²) in [5, 5.41) is 10.7. The van der Waals surface area contributed by atoms with Crippen LogP contribution in [-0.2, 0) is 11.8 Å². The Balaban J connectivity index is 0.000000305. The average molecular weight is 497 g/mol. The molecule has 3 saturated carbocycles. The Morgan fingerprint density at radius 1 is 1.25 bits per heavy atom. The van der Waals surface area contributed by atoms with Crippen molar-refractivity contribution >= 4 is 11.7 Å². The van der Waals surface area contributed by atoms with Gasteiger partial charge < -0.3 is 22.1 Å². The molecule has 5 rings (SSSR count). The molecule has 2 atom stereocenters. The first-order valence-electron chi connectivity index (χ1n) is 13.7. The molecule has 0 radical (unpaired) electrons. The Labute approximate surface area is 217 Å². The van der Waals surface area contributed by atoms with Gasteiger partial charge in [-0.15, -0.1) is 0 Å². The topological polar surface area (TPSA) is 111 Å². The number of hydrogen-bond acceptors (Lipinski definition) is 5. The maximum atomic E-state index is 12.7. The Morgan fingerprint density at radius 2 is 1.92 bits per heavy atom. The van der Waals surface area contributed by atoms with Crippen LogP contribution in [0.5, 0.6) is 0 Å². The predicted octanol–water partition coefficient (Wildman–Crippen LogP) is 4.85. The first kappa shape index (κ1) is 28.0. The first-order valence-corrected chi connectivity index (χ1v) is 13.7. The van der Waals surface area contributed by atoms with E-state index in [1.54, 1.807) is 4.68 Å². The van der Waals surface area contributed by atoms with Gasteiger partial charge in [0.25, 0.3) is 0 Å². The number of nitrogens with two attached hydrogens (primary N) is 2. The van der Waals surface area contributed by atoms with E-state index in [0.29, 0.717) is 11.2 Å². The van der Waals surface area contributed by atoms with E-state index < -0.39 is 0 Å². The predicted molar refractivity (Wildman–Crippen MR) is 149 cm³/mol. The molecule has 0 aromatic carbocycles. The van der Waals surface area contributed by atoms with Gasteiger partial charge in [0, 0.05) is 48.6 Å². The molecule has 1 unspecified atom stereocenters. The van der Waals surface area contributed by atoms with E-state index in [1.807, 2.05) is 40.8 Å². The third kappa shape index (κ3) is 7.02. The minimum absolute atomic E-state index is 0.196. The van der Waals surface area contributed by atoms with E-state index in [9.17, 15) is 4.79 Å². The zero-order chi connectivity index (χ0) is 26.6. The van der Waals surface area contributed by atoms with Crippen LogP contribution in [0.1, 0.15) is 84.8 Å². The molecule has 3 fully saturated rings. The second kappa shape index (κ2) is 11.7. The fourth-order valence-corrected chi connectivity index (χ4v) is 5.12. The SMILES string of the molecule is C=C(NCC1CC1)/C(C1=C(C)CC[C@H](N)C1)=C(/C)NC(=O)C1CC12CC2.CC.Cc1cc(N)n(C)n1. The lowest BCUT2D eigenvalue weighted by atomic mass is 9.83. The quantitative estimate of drug-likeness (QED) is 0.403. The van der Waals surface area contributed by atoms with Gasteiger partial charge in [0.2, 0.25) is 5.91 Å². The summed E-state index contributed by atoms with van der Waals surface area (Å²) >= 11 is 0. The number of rotatable bonds is 7. The van der Waals surface area contributed by atoms with Crippen molar-refractivity contribution < 1.29 is 4.79 Å². The highest BCUT2D eigenvalue weighted by Gasteiger charge is 2.65. The molecule has 7 nitrogen and oxygen atoms in total. The summed E-state index contributed by atoms with van der Waals surface area (Å²) in [6, 6.07) is 2.03. The van der Waals surface area contributed by atoms with Crippen molar-refractivity contribution in [1.29, 1.82) is 0 Å². The van der Waals surface area contributed by atoms with Crippen LogP contribution in [0.25, 0.3) is 0 Å².